The molecular weight excluding hydrogens is 318 g/mol. The smallest absolute Gasteiger partial charge is 0.270 e. The van der Waals surface area contributed by atoms with E-state index in [1.54, 1.807) is 30.2 Å². The molecular formula is C19H21N3O3. The Morgan fingerprint density at radius 1 is 1.20 bits per heavy atom. The van der Waals surface area contributed by atoms with Gasteiger partial charge in [0.05, 0.1) is 0 Å². The van der Waals surface area contributed by atoms with Crippen LogP contribution in [0.4, 0.5) is 5.69 Å². The summed E-state index contributed by atoms with van der Waals surface area (Å²) >= 11 is 0. The van der Waals surface area contributed by atoms with E-state index < -0.39 is 0 Å². The van der Waals surface area contributed by atoms with Crippen molar-refractivity contribution in [1.82, 2.24) is 10.3 Å². The molecule has 0 radical (unpaired) electrons. The van der Waals surface area contributed by atoms with Gasteiger partial charge < -0.3 is 15.0 Å². The Bertz CT molecular complexity index is 817. The van der Waals surface area contributed by atoms with E-state index in [0.717, 1.165) is 17.7 Å². The van der Waals surface area contributed by atoms with E-state index in [4.69, 9.17) is 4.74 Å². The van der Waals surface area contributed by atoms with Gasteiger partial charge in [-0.1, -0.05) is 0 Å². The molecule has 2 aromatic rings. The van der Waals surface area contributed by atoms with E-state index in [1.165, 1.54) is 0 Å². The highest BCUT2D eigenvalue weighted by Crippen LogP contribution is 2.33. The predicted molar refractivity (Wildman–Crippen MR) is 95.1 cm³/mol. The second kappa shape index (κ2) is 6.93. The summed E-state index contributed by atoms with van der Waals surface area (Å²) < 4.78 is 5.87. The van der Waals surface area contributed by atoms with Crippen LogP contribution in [-0.4, -0.2) is 29.4 Å². The molecule has 1 aliphatic heterocycles. The summed E-state index contributed by atoms with van der Waals surface area (Å²) in [6.45, 7) is 6.06. The third-order valence-electron chi connectivity index (χ3n) is 3.95. The van der Waals surface area contributed by atoms with Crippen molar-refractivity contribution in [3.8, 4) is 11.5 Å². The lowest BCUT2D eigenvalue weighted by Crippen LogP contribution is -2.30. The highest BCUT2D eigenvalue weighted by molar-refractivity contribution is 5.94. The number of amides is 2. The maximum Gasteiger partial charge on any atom is 0.270 e. The second-order valence-electron chi connectivity index (χ2n) is 6.32. The van der Waals surface area contributed by atoms with Crippen LogP contribution in [0.1, 0.15) is 36.8 Å². The zero-order chi connectivity index (χ0) is 18.0. The number of nitrogens with zero attached hydrogens (tertiary/aromatic N) is 2. The minimum absolute atomic E-state index is 0.0415. The molecule has 0 unspecified atom stereocenters. The fraction of sp³-hybridized carbons (Fsp3) is 0.316. The van der Waals surface area contributed by atoms with Gasteiger partial charge in [-0.3, -0.25) is 14.6 Å². The minimum atomic E-state index is -0.230. The van der Waals surface area contributed by atoms with Crippen LogP contribution >= 0.6 is 0 Å². The largest absolute Gasteiger partial charge is 0.457 e. The average molecular weight is 339 g/mol. The highest BCUT2D eigenvalue weighted by Gasteiger charge is 2.22. The summed E-state index contributed by atoms with van der Waals surface area (Å²) in [6, 6.07) is 9.03. The minimum Gasteiger partial charge on any atom is -0.457 e. The Kier molecular flexibility index (Phi) is 4.70. The molecule has 6 heteroatoms. The molecule has 1 aromatic heterocycles. The fourth-order valence-electron chi connectivity index (χ4n) is 2.84. The van der Waals surface area contributed by atoms with Crippen molar-refractivity contribution < 1.29 is 14.3 Å². The number of anilines is 1. The normalized spacial score (nSPS) is 12.9. The average Bonchev–Trinajstić information content (AvgIpc) is 2.98. The Morgan fingerprint density at radius 3 is 2.68 bits per heavy atom. The quantitative estimate of drug-likeness (QED) is 0.930. The molecule has 3 rings (SSSR count). The number of carbonyl (C=O) groups is 2. The zero-order valence-corrected chi connectivity index (χ0v) is 14.6. The lowest BCUT2D eigenvalue weighted by molar-refractivity contribution is -0.116. The first-order valence-electron chi connectivity index (χ1n) is 8.30. The molecule has 1 N–H and O–H groups in total. The Morgan fingerprint density at radius 2 is 1.96 bits per heavy atom. The van der Waals surface area contributed by atoms with Gasteiger partial charge in [0.15, 0.2) is 0 Å². The monoisotopic (exact) mass is 339 g/mol. The second-order valence-corrected chi connectivity index (χ2v) is 6.32. The number of hydrogen-bond acceptors (Lipinski definition) is 4. The lowest BCUT2D eigenvalue weighted by atomic mass is 10.1. The van der Waals surface area contributed by atoms with Gasteiger partial charge >= 0.3 is 0 Å². The third kappa shape index (κ3) is 3.79. The molecule has 130 valence electrons. The van der Waals surface area contributed by atoms with Crippen LogP contribution < -0.4 is 15.0 Å². The van der Waals surface area contributed by atoms with E-state index in [1.807, 2.05) is 32.0 Å². The van der Waals surface area contributed by atoms with Crippen molar-refractivity contribution in [2.24, 2.45) is 0 Å². The number of nitrogens with one attached hydrogen (secondary N) is 1. The van der Waals surface area contributed by atoms with Gasteiger partial charge in [-0.15, -0.1) is 0 Å². The molecule has 0 saturated carbocycles. The topological polar surface area (TPSA) is 71.5 Å². The van der Waals surface area contributed by atoms with Crippen LogP contribution in [0.3, 0.4) is 0 Å². The molecule has 2 amide bonds. The van der Waals surface area contributed by atoms with Crippen LogP contribution in [0.25, 0.3) is 0 Å². The van der Waals surface area contributed by atoms with E-state index in [-0.39, 0.29) is 17.9 Å². The lowest BCUT2D eigenvalue weighted by Gasteiger charge is -2.15. The van der Waals surface area contributed by atoms with Gasteiger partial charge in [0, 0.05) is 37.5 Å². The van der Waals surface area contributed by atoms with Gasteiger partial charge in [0.1, 0.15) is 17.2 Å². The Hall–Kier alpha value is -2.89. The van der Waals surface area contributed by atoms with Crippen LogP contribution in [0.2, 0.25) is 0 Å². The maximum absolute atomic E-state index is 12.0. The van der Waals surface area contributed by atoms with E-state index in [9.17, 15) is 9.59 Å². The number of hydrogen-bond donors (Lipinski definition) is 1. The van der Waals surface area contributed by atoms with Crippen molar-refractivity contribution >= 4 is 17.5 Å². The zero-order valence-electron chi connectivity index (χ0n) is 14.6. The Labute approximate surface area is 146 Å². The van der Waals surface area contributed by atoms with Gasteiger partial charge in [-0.2, -0.15) is 0 Å². The molecule has 6 nitrogen and oxygen atoms in total. The van der Waals surface area contributed by atoms with E-state index in [2.05, 4.69) is 10.3 Å². The summed E-state index contributed by atoms with van der Waals surface area (Å²) in [4.78, 5) is 29.5. The first kappa shape index (κ1) is 17.0. The van der Waals surface area contributed by atoms with Crippen LogP contribution in [0, 0.1) is 0 Å². The van der Waals surface area contributed by atoms with Crippen LogP contribution in [0.15, 0.2) is 36.5 Å². The molecule has 0 atom stereocenters. The summed E-state index contributed by atoms with van der Waals surface area (Å²) in [5, 5.41) is 2.81. The van der Waals surface area contributed by atoms with Gasteiger partial charge in [-0.25, -0.2) is 0 Å². The summed E-state index contributed by atoms with van der Waals surface area (Å²) in [7, 11) is 0. The molecule has 0 spiro atoms. The van der Waals surface area contributed by atoms with E-state index >= 15 is 0 Å². The van der Waals surface area contributed by atoms with E-state index in [0.29, 0.717) is 23.7 Å². The first-order valence-corrected chi connectivity index (χ1v) is 8.30. The Balaban J connectivity index is 1.77. The first-order chi connectivity index (χ1) is 11.9. The maximum atomic E-state index is 12.0. The molecule has 0 fully saturated rings. The molecule has 2 heterocycles. The number of pyridine rings is 1. The number of aromatic nitrogens is 1. The van der Waals surface area contributed by atoms with Crippen molar-refractivity contribution in [2.75, 3.05) is 11.4 Å². The fourth-order valence-corrected chi connectivity index (χ4v) is 2.84. The predicted octanol–water partition coefficient (Wildman–Crippen LogP) is 2.92. The molecule has 0 bridgehead atoms. The molecule has 1 aliphatic rings. The van der Waals surface area contributed by atoms with Crippen molar-refractivity contribution in [2.45, 2.75) is 33.2 Å². The number of benzene rings is 1. The van der Waals surface area contributed by atoms with Gasteiger partial charge in [0.25, 0.3) is 5.91 Å². The van der Waals surface area contributed by atoms with Gasteiger partial charge in [-0.05, 0) is 50.1 Å². The molecule has 0 aliphatic carbocycles. The molecule has 25 heavy (non-hydrogen) atoms. The van der Waals surface area contributed by atoms with Crippen molar-refractivity contribution in [3.05, 3.63) is 47.8 Å². The van der Waals surface area contributed by atoms with Crippen molar-refractivity contribution in [3.63, 3.8) is 0 Å². The summed E-state index contributed by atoms with van der Waals surface area (Å²) in [6.07, 6.45) is 2.36. The standard InChI is InChI=1S/C19H21N3O3/c1-12(2)21-19(24)17-11-16(6-8-20-17)25-15-4-5-18-14(10-15)7-9-22(18)13(3)23/h4-6,8,10-12H,7,9H2,1-3H3,(H,21,24). The number of carbonyl (C=O) groups excluding carboxylic acids is 2. The van der Waals surface area contributed by atoms with Crippen LogP contribution in [0.5, 0.6) is 11.5 Å². The summed E-state index contributed by atoms with van der Waals surface area (Å²) in [5.41, 5.74) is 2.33. The molecule has 1 aromatic carbocycles. The van der Waals surface area contributed by atoms with Crippen molar-refractivity contribution in [1.29, 1.82) is 0 Å². The van der Waals surface area contributed by atoms with Gasteiger partial charge in [0.2, 0.25) is 5.91 Å². The summed E-state index contributed by atoms with van der Waals surface area (Å²) in [5.74, 6) is 1.03. The highest BCUT2D eigenvalue weighted by atomic mass is 16.5. The third-order valence-corrected chi connectivity index (χ3v) is 3.95. The number of fused-ring (bicyclic) bond motifs is 1. The SMILES string of the molecule is CC(=O)N1CCc2cc(Oc3ccnc(C(=O)NC(C)C)c3)ccc21. The number of rotatable bonds is 4. The molecule has 0 saturated heterocycles. The van der Waals surface area contributed by atoms with Crippen LogP contribution in [-0.2, 0) is 11.2 Å². The number of ether oxygens (including phenoxy) is 1.